The van der Waals surface area contributed by atoms with Crippen molar-refractivity contribution in [3.05, 3.63) is 93.4 Å². The Bertz CT molecular complexity index is 1670. The van der Waals surface area contributed by atoms with Crippen molar-refractivity contribution in [2.75, 3.05) is 6.61 Å². The first kappa shape index (κ1) is 22.4. The third-order valence-electron chi connectivity index (χ3n) is 7.04. The van der Waals surface area contributed by atoms with Gasteiger partial charge in [0.1, 0.15) is 5.39 Å². The number of fused-ring (bicyclic) bond motifs is 2. The number of rotatable bonds is 5. The standard InChI is InChI=1S/C28H27N5O3/c1-31-27(34)24-25(20-12-14-29-15-13-20)33(17-21-9-6-8-19-7-2-3-11-23(19)21)30-26(24)32(28(31)35)18-22-10-4-5-16-36-22/h2-3,6-9,11-15,22H,4-5,10,16-18H2,1H3. The average Bonchev–Trinajstić information content (AvgIpc) is 3.30. The van der Waals surface area contributed by atoms with Gasteiger partial charge in [0, 0.05) is 31.6 Å². The van der Waals surface area contributed by atoms with Crippen molar-refractivity contribution in [3.8, 4) is 11.3 Å². The molecule has 8 heteroatoms. The zero-order valence-corrected chi connectivity index (χ0v) is 20.1. The molecule has 0 aliphatic carbocycles. The SMILES string of the molecule is Cn1c(=O)c2c(-c3ccncc3)n(Cc3cccc4ccccc34)nc2n(CC2CCCCO2)c1=O. The van der Waals surface area contributed by atoms with Crippen LogP contribution in [-0.2, 0) is 24.9 Å². The minimum Gasteiger partial charge on any atom is -0.376 e. The van der Waals surface area contributed by atoms with E-state index in [9.17, 15) is 9.59 Å². The number of hydrogen-bond acceptors (Lipinski definition) is 5. The van der Waals surface area contributed by atoms with E-state index in [1.165, 1.54) is 11.6 Å². The fraction of sp³-hybridized carbons (Fsp3) is 0.286. The topological polar surface area (TPSA) is 83.9 Å². The van der Waals surface area contributed by atoms with Gasteiger partial charge in [0.15, 0.2) is 5.65 Å². The van der Waals surface area contributed by atoms with Gasteiger partial charge in [-0.15, -0.1) is 0 Å². The fourth-order valence-electron chi connectivity index (χ4n) is 5.19. The molecule has 0 amide bonds. The van der Waals surface area contributed by atoms with E-state index in [2.05, 4.69) is 29.2 Å². The van der Waals surface area contributed by atoms with Crippen LogP contribution in [0.3, 0.4) is 0 Å². The Hall–Kier alpha value is -4.04. The van der Waals surface area contributed by atoms with E-state index in [0.29, 0.717) is 36.4 Å². The Balaban J connectivity index is 1.60. The molecule has 1 unspecified atom stereocenters. The van der Waals surface area contributed by atoms with Crippen molar-refractivity contribution < 1.29 is 4.74 Å². The van der Waals surface area contributed by atoms with Crippen LogP contribution in [-0.4, -0.2) is 36.6 Å². The van der Waals surface area contributed by atoms with Gasteiger partial charge in [-0.05, 0) is 47.7 Å². The van der Waals surface area contributed by atoms with Crippen LogP contribution in [0.15, 0.2) is 76.6 Å². The van der Waals surface area contributed by atoms with Gasteiger partial charge in [-0.2, -0.15) is 5.10 Å². The van der Waals surface area contributed by atoms with E-state index < -0.39 is 0 Å². The lowest BCUT2D eigenvalue weighted by molar-refractivity contribution is 0.00568. The summed E-state index contributed by atoms with van der Waals surface area (Å²) in [6.07, 6.45) is 6.29. The maximum Gasteiger partial charge on any atom is 0.332 e. The van der Waals surface area contributed by atoms with Crippen LogP contribution in [0.4, 0.5) is 0 Å². The minimum absolute atomic E-state index is 0.0789. The molecule has 0 saturated carbocycles. The highest BCUT2D eigenvalue weighted by molar-refractivity contribution is 5.91. The van der Waals surface area contributed by atoms with E-state index in [1.54, 1.807) is 17.0 Å². The van der Waals surface area contributed by atoms with Gasteiger partial charge >= 0.3 is 5.69 Å². The van der Waals surface area contributed by atoms with Gasteiger partial charge in [-0.1, -0.05) is 42.5 Å². The van der Waals surface area contributed by atoms with Crippen molar-refractivity contribution in [2.45, 2.75) is 38.5 Å². The molecular formula is C28H27N5O3. The lowest BCUT2D eigenvalue weighted by atomic mass is 10.0. The molecule has 1 fully saturated rings. The Morgan fingerprint density at radius 1 is 1.00 bits per heavy atom. The molecule has 4 heterocycles. The zero-order valence-electron chi connectivity index (χ0n) is 20.1. The number of nitrogens with zero attached hydrogens (tertiary/aromatic N) is 5. The molecule has 1 aliphatic rings. The minimum atomic E-state index is -0.377. The van der Waals surface area contributed by atoms with Gasteiger partial charge in [-0.3, -0.25) is 23.6 Å². The van der Waals surface area contributed by atoms with E-state index in [-0.39, 0.29) is 17.4 Å². The Morgan fingerprint density at radius 2 is 1.81 bits per heavy atom. The zero-order chi connectivity index (χ0) is 24.6. The molecular weight excluding hydrogens is 454 g/mol. The fourth-order valence-corrected chi connectivity index (χ4v) is 5.19. The van der Waals surface area contributed by atoms with Crippen molar-refractivity contribution in [1.29, 1.82) is 0 Å². The van der Waals surface area contributed by atoms with Crippen molar-refractivity contribution in [3.63, 3.8) is 0 Å². The van der Waals surface area contributed by atoms with E-state index in [4.69, 9.17) is 9.84 Å². The Labute approximate surface area is 207 Å². The van der Waals surface area contributed by atoms with Gasteiger partial charge in [0.05, 0.1) is 24.9 Å². The normalized spacial score (nSPS) is 16.1. The lowest BCUT2D eigenvalue weighted by Crippen LogP contribution is -2.40. The van der Waals surface area contributed by atoms with Crippen molar-refractivity contribution >= 4 is 21.8 Å². The maximum atomic E-state index is 13.5. The number of ether oxygens (including phenoxy) is 1. The van der Waals surface area contributed by atoms with Crippen LogP contribution in [0, 0.1) is 0 Å². The van der Waals surface area contributed by atoms with E-state index in [0.717, 1.165) is 41.2 Å². The van der Waals surface area contributed by atoms with Gasteiger partial charge in [-0.25, -0.2) is 4.79 Å². The summed E-state index contributed by atoms with van der Waals surface area (Å²) in [4.78, 5) is 30.9. The van der Waals surface area contributed by atoms with E-state index >= 15 is 0 Å². The molecule has 1 saturated heterocycles. The number of aromatic nitrogens is 5. The van der Waals surface area contributed by atoms with Crippen LogP contribution in [0.1, 0.15) is 24.8 Å². The second-order valence-electron chi connectivity index (χ2n) is 9.32. The van der Waals surface area contributed by atoms with Crippen molar-refractivity contribution in [2.24, 2.45) is 7.05 Å². The van der Waals surface area contributed by atoms with Gasteiger partial charge in [0.2, 0.25) is 0 Å². The van der Waals surface area contributed by atoms with Gasteiger partial charge < -0.3 is 4.74 Å². The molecule has 0 N–H and O–H groups in total. The summed E-state index contributed by atoms with van der Waals surface area (Å²) in [6.45, 7) is 1.50. The first-order chi connectivity index (χ1) is 17.6. The van der Waals surface area contributed by atoms with Crippen LogP contribution < -0.4 is 11.2 Å². The van der Waals surface area contributed by atoms with Crippen LogP contribution in [0.25, 0.3) is 33.1 Å². The monoisotopic (exact) mass is 481 g/mol. The first-order valence-electron chi connectivity index (χ1n) is 12.3. The maximum absolute atomic E-state index is 13.5. The van der Waals surface area contributed by atoms with Crippen molar-refractivity contribution in [1.82, 2.24) is 23.9 Å². The molecule has 5 aromatic rings. The summed E-state index contributed by atoms with van der Waals surface area (Å²) < 4.78 is 10.6. The highest BCUT2D eigenvalue weighted by Gasteiger charge is 2.25. The molecule has 2 aromatic carbocycles. The molecule has 6 rings (SSSR count). The summed E-state index contributed by atoms with van der Waals surface area (Å²) in [6, 6.07) is 18.1. The largest absolute Gasteiger partial charge is 0.376 e. The Kier molecular flexibility index (Phi) is 5.73. The molecule has 182 valence electrons. The van der Waals surface area contributed by atoms with Crippen LogP contribution in [0.2, 0.25) is 0 Å². The second-order valence-corrected chi connectivity index (χ2v) is 9.32. The summed E-state index contributed by atoms with van der Waals surface area (Å²) in [5.41, 5.74) is 2.25. The predicted molar refractivity (Wildman–Crippen MR) is 139 cm³/mol. The molecule has 3 aromatic heterocycles. The Morgan fingerprint density at radius 3 is 2.61 bits per heavy atom. The number of hydrogen-bond donors (Lipinski definition) is 0. The third-order valence-corrected chi connectivity index (χ3v) is 7.04. The molecule has 0 radical (unpaired) electrons. The summed E-state index contributed by atoms with van der Waals surface area (Å²) >= 11 is 0. The van der Waals surface area contributed by atoms with Crippen LogP contribution in [0.5, 0.6) is 0 Å². The highest BCUT2D eigenvalue weighted by Crippen LogP contribution is 2.28. The molecule has 0 bridgehead atoms. The molecule has 36 heavy (non-hydrogen) atoms. The first-order valence-corrected chi connectivity index (χ1v) is 12.3. The summed E-state index contributed by atoms with van der Waals surface area (Å²) in [5.74, 6) is 0. The van der Waals surface area contributed by atoms with Gasteiger partial charge in [0.25, 0.3) is 5.56 Å². The molecule has 1 atom stereocenters. The third kappa shape index (κ3) is 3.83. The molecule has 0 spiro atoms. The highest BCUT2D eigenvalue weighted by atomic mass is 16.5. The second kappa shape index (κ2) is 9.20. The quantitative estimate of drug-likeness (QED) is 0.382. The smallest absolute Gasteiger partial charge is 0.332 e. The summed E-state index contributed by atoms with van der Waals surface area (Å²) in [7, 11) is 1.53. The average molecular weight is 482 g/mol. The molecule has 1 aliphatic heterocycles. The molecule has 8 nitrogen and oxygen atoms in total. The number of benzene rings is 2. The lowest BCUT2D eigenvalue weighted by Gasteiger charge is -2.23. The van der Waals surface area contributed by atoms with E-state index in [1.807, 2.05) is 35.0 Å². The number of pyridine rings is 1. The summed E-state index contributed by atoms with van der Waals surface area (Å²) in [5, 5.41) is 7.60. The van der Waals surface area contributed by atoms with Crippen LogP contribution >= 0.6 is 0 Å². The predicted octanol–water partition coefficient (Wildman–Crippen LogP) is 3.73.